The van der Waals surface area contributed by atoms with Crippen LogP contribution in [0.4, 0.5) is 17.1 Å². The Kier molecular flexibility index (Phi) is 6.89. The first-order valence-electron chi connectivity index (χ1n) is 17.8. The van der Waals surface area contributed by atoms with Gasteiger partial charge in [-0.2, -0.15) is 0 Å². The third-order valence-electron chi connectivity index (χ3n) is 10.6. The molecule has 2 nitrogen and oxygen atoms in total. The minimum absolute atomic E-state index is 0.457. The van der Waals surface area contributed by atoms with Crippen LogP contribution in [-0.4, -0.2) is 0 Å². The van der Waals surface area contributed by atoms with Crippen LogP contribution in [-0.2, 0) is 6.42 Å². The molecule has 1 aromatic heterocycles. The fraction of sp³-hybridized carbons (Fsp3) is 0.0612. The number of hydrogen-bond donors (Lipinski definition) is 0. The van der Waals surface area contributed by atoms with Crippen LogP contribution in [0.5, 0.6) is 0 Å². The molecule has 242 valence electrons. The highest BCUT2D eigenvalue weighted by Gasteiger charge is 2.23. The molecule has 0 aliphatic heterocycles. The van der Waals surface area contributed by atoms with Crippen LogP contribution in [0.15, 0.2) is 174 Å². The molecule has 0 fully saturated rings. The zero-order valence-corrected chi connectivity index (χ0v) is 28.4. The zero-order chi connectivity index (χ0) is 33.9. The summed E-state index contributed by atoms with van der Waals surface area (Å²) in [7, 11) is 0. The molecule has 10 rings (SSSR count). The lowest BCUT2D eigenvalue weighted by Gasteiger charge is -2.26. The van der Waals surface area contributed by atoms with Gasteiger partial charge >= 0.3 is 0 Å². The molecule has 9 aromatic rings. The van der Waals surface area contributed by atoms with E-state index in [2.05, 4.69) is 188 Å². The summed E-state index contributed by atoms with van der Waals surface area (Å²) in [6, 6.07) is 59.5. The van der Waals surface area contributed by atoms with Gasteiger partial charge in [-0.3, -0.25) is 0 Å². The lowest BCUT2D eigenvalue weighted by Crippen LogP contribution is -2.10. The normalized spacial score (nSPS) is 14.0. The number of fused-ring (bicyclic) bond motifs is 7. The Labute approximate surface area is 297 Å². The third kappa shape index (κ3) is 5.03. The standard InChI is InChI=1S/C49H35NO/c1-32-17-28-44-45-15-8-16-47(49(45)51-48(44)29-32)50(39-24-20-34(21-25-39)37-19-18-33-9-2-3-10-36(33)30-37)40-26-22-35(23-27-40)46-31-38-11-4-5-12-41(38)42-13-6-7-14-43(42)46/h2-28,30-32H,29H2,1H3. The average molecular weight is 654 g/mol. The zero-order valence-electron chi connectivity index (χ0n) is 28.4. The molecular formula is C49H35NO. The minimum Gasteiger partial charge on any atom is -0.458 e. The molecule has 1 aliphatic carbocycles. The van der Waals surface area contributed by atoms with Crippen molar-refractivity contribution in [3.63, 3.8) is 0 Å². The fourth-order valence-electron chi connectivity index (χ4n) is 7.99. The van der Waals surface area contributed by atoms with Crippen molar-refractivity contribution in [3.05, 3.63) is 181 Å². The van der Waals surface area contributed by atoms with Gasteiger partial charge in [-0.15, -0.1) is 0 Å². The second-order valence-electron chi connectivity index (χ2n) is 13.8. The number of hydrogen-bond acceptors (Lipinski definition) is 2. The van der Waals surface area contributed by atoms with Crippen molar-refractivity contribution in [2.75, 3.05) is 4.90 Å². The lowest BCUT2D eigenvalue weighted by atomic mass is 9.93. The molecule has 0 amide bonds. The molecule has 1 aliphatic rings. The summed E-state index contributed by atoms with van der Waals surface area (Å²) in [5.41, 5.74) is 10.1. The van der Waals surface area contributed by atoms with E-state index >= 15 is 0 Å². The second kappa shape index (κ2) is 11.9. The van der Waals surface area contributed by atoms with E-state index in [9.17, 15) is 0 Å². The molecule has 8 aromatic carbocycles. The van der Waals surface area contributed by atoms with Gasteiger partial charge in [0.1, 0.15) is 5.76 Å². The Balaban J connectivity index is 1.11. The topological polar surface area (TPSA) is 16.4 Å². The predicted molar refractivity (Wildman–Crippen MR) is 216 cm³/mol. The smallest absolute Gasteiger partial charge is 0.158 e. The monoisotopic (exact) mass is 653 g/mol. The quantitative estimate of drug-likeness (QED) is 0.172. The van der Waals surface area contributed by atoms with Crippen LogP contribution in [0.2, 0.25) is 0 Å². The summed E-state index contributed by atoms with van der Waals surface area (Å²) in [4.78, 5) is 2.34. The van der Waals surface area contributed by atoms with E-state index in [1.54, 1.807) is 0 Å². The molecule has 0 radical (unpaired) electrons. The highest BCUT2D eigenvalue weighted by atomic mass is 16.3. The Bertz CT molecular complexity index is 2790. The van der Waals surface area contributed by atoms with Gasteiger partial charge in [-0.25, -0.2) is 0 Å². The molecule has 0 saturated carbocycles. The van der Waals surface area contributed by atoms with Crippen molar-refractivity contribution in [1.29, 1.82) is 0 Å². The van der Waals surface area contributed by atoms with E-state index in [0.29, 0.717) is 5.92 Å². The summed E-state index contributed by atoms with van der Waals surface area (Å²) in [6.45, 7) is 2.25. The van der Waals surface area contributed by atoms with Crippen LogP contribution < -0.4 is 4.90 Å². The fourth-order valence-corrected chi connectivity index (χ4v) is 7.99. The molecule has 0 spiro atoms. The van der Waals surface area contributed by atoms with Crippen LogP contribution in [0.1, 0.15) is 18.2 Å². The number of anilines is 3. The van der Waals surface area contributed by atoms with Crippen molar-refractivity contribution in [3.8, 4) is 22.3 Å². The third-order valence-corrected chi connectivity index (χ3v) is 10.6. The number of para-hydroxylation sites is 1. The van der Waals surface area contributed by atoms with Gasteiger partial charge in [-0.1, -0.05) is 140 Å². The van der Waals surface area contributed by atoms with E-state index in [1.807, 2.05) is 0 Å². The number of benzene rings is 8. The van der Waals surface area contributed by atoms with Crippen molar-refractivity contribution >= 4 is 66.4 Å². The second-order valence-corrected chi connectivity index (χ2v) is 13.8. The van der Waals surface area contributed by atoms with Crippen molar-refractivity contribution in [2.45, 2.75) is 13.3 Å². The van der Waals surface area contributed by atoms with E-state index in [1.165, 1.54) is 60.1 Å². The summed E-state index contributed by atoms with van der Waals surface area (Å²) >= 11 is 0. The molecule has 0 bridgehead atoms. The summed E-state index contributed by atoms with van der Waals surface area (Å²) < 4.78 is 6.74. The predicted octanol–water partition coefficient (Wildman–Crippen LogP) is 13.9. The number of allylic oxidation sites excluding steroid dienone is 1. The Morgan fingerprint density at radius 2 is 1.14 bits per heavy atom. The van der Waals surface area contributed by atoms with Crippen LogP contribution in [0.25, 0.3) is 71.6 Å². The molecule has 51 heavy (non-hydrogen) atoms. The molecular weight excluding hydrogens is 619 g/mol. The maximum atomic E-state index is 6.74. The molecule has 0 N–H and O–H groups in total. The first-order valence-corrected chi connectivity index (χ1v) is 17.8. The lowest BCUT2D eigenvalue weighted by molar-refractivity contribution is 0.513. The Hall–Kier alpha value is -6.38. The van der Waals surface area contributed by atoms with Crippen LogP contribution >= 0.6 is 0 Å². The first-order chi connectivity index (χ1) is 25.2. The van der Waals surface area contributed by atoms with Crippen molar-refractivity contribution in [2.24, 2.45) is 5.92 Å². The van der Waals surface area contributed by atoms with Gasteiger partial charge in [0.15, 0.2) is 5.58 Å². The molecule has 1 unspecified atom stereocenters. The Morgan fingerprint density at radius 1 is 0.510 bits per heavy atom. The minimum atomic E-state index is 0.457. The molecule has 0 saturated heterocycles. The molecule has 1 heterocycles. The van der Waals surface area contributed by atoms with Crippen LogP contribution in [0.3, 0.4) is 0 Å². The summed E-state index contributed by atoms with van der Waals surface area (Å²) in [5, 5.41) is 8.73. The maximum absolute atomic E-state index is 6.74. The number of nitrogens with zero attached hydrogens (tertiary/aromatic N) is 1. The average Bonchev–Trinajstić information content (AvgIpc) is 3.56. The van der Waals surface area contributed by atoms with E-state index in [4.69, 9.17) is 4.42 Å². The largest absolute Gasteiger partial charge is 0.458 e. The van der Waals surface area contributed by atoms with E-state index in [-0.39, 0.29) is 0 Å². The number of furan rings is 1. The highest BCUT2D eigenvalue weighted by molar-refractivity contribution is 6.13. The van der Waals surface area contributed by atoms with Crippen molar-refractivity contribution in [1.82, 2.24) is 0 Å². The number of rotatable bonds is 5. The molecule has 1 atom stereocenters. The van der Waals surface area contributed by atoms with Gasteiger partial charge in [0.05, 0.1) is 5.69 Å². The van der Waals surface area contributed by atoms with Gasteiger partial charge in [0.25, 0.3) is 0 Å². The van der Waals surface area contributed by atoms with Gasteiger partial charge in [0, 0.05) is 28.7 Å². The SMILES string of the molecule is CC1C=Cc2c(oc3c(N(c4ccc(-c5ccc6ccccc6c5)cc4)c4ccc(-c5cc6ccccc6c6ccccc56)cc4)cccc23)C1. The first kappa shape index (κ1) is 29.5. The Morgan fingerprint density at radius 3 is 1.92 bits per heavy atom. The van der Waals surface area contributed by atoms with E-state index in [0.717, 1.165) is 40.2 Å². The highest BCUT2D eigenvalue weighted by Crippen LogP contribution is 2.44. The van der Waals surface area contributed by atoms with Crippen LogP contribution in [0, 0.1) is 5.92 Å². The maximum Gasteiger partial charge on any atom is 0.158 e. The molecule has 2 heteroatoms. The van der Waals surface area contributed by atoms with Gasteiger partial charge in [0.2, 0.25) is 0 Å². The van der Waals surface area contributed by atoms with E-state index < -0.39 is 0 Å². The summed E-state index contributed by atoms with van der Waals surface area (Å²) in [5.74, 6) is 1.52. The van der Waals surface area contributed by atoms with Crippen molar-refractivity contribution < 1.29 is 4.42 Å². The summed E-state index contributed by atoms with van der Waals surface area (Å²) in [6.07, 6.45) is 5.45. The van der Waals surface area contributed by atoms with Gasteiger partial charge in [-0.05, 0) is 103 Å². The van der Waals surface area contributed by atoms with Gasteiger partial charge < -0.3 is 9.32 Å².